The highest BCUT2D eigenvalue weighted by Crippen LogP contribution is 2.13. The fourth-order valence-corrected chi connectivity index (χ4v) is 1.27. The van der Waals surface area contributed by atoms with Crippen LogP contribution in [0.2, 0.25) is 0 Å². The summed E-state index contributed by atoms with van der Waals surface area (Å²) in [6.45, 7) is 0. The van der Waals surface area contributed by atoms with Gasteiger partial charge in [-0.2, -0.15) is 0 Å². The zero-order valence-electron chi connectivity index (χ0n) is 5.77. The maximum Gasteiger partial charge on any atom is 0.0613 e. The van der Waals surface area contributed by atoms with Crippen molar-refractivity contribution in [3.63, 3.8) is 0 Å². The van der Waals surface area contributed by atoms with Crippen molar-refractivity contribution in [3.05, 3.63) is 34.3 Å². The number of rotatable bonds is 0. The number of benzene rings is 1. The van der Waals surface area contributed by atoms with Crippen LogP contribution in [0.5, 0.6) is 0 Å². The van der Waals surface area contributed by atoms with E-state index in [-0.39, 0.29) is 0 Å². The summed E-state index contributed by atoms with van der Waals surface area (Å²) in [7, 11) is 0. The van der Waals surface area contributed by atoms with Gasteiger partial charge in [0, 0.05) is 10.0 Å². The second-order valence-electron chi connectivity index (χ2n) is 1.92. The molecule has 0 unspecified atom stereocenters. The van der Waals surface area contributed by atoms with Crippen LogP contribution in [-0.2, 0) is 0 Å². The summed E-state index contributed by atoms with van der Waals surface area (Å²) in [5, 5.41) is 0. The summed E-state index contributed by atoms with van der Waals surface area (Å²) in [6.07, 6.45) is 0. The van der Waals surface area contributed by atoms with Gasteiger partial charge in [-0.3, -0.25) is 0 Å². The SMILES string of the molecule is Brc1ccccc1C#CCI. The standard InChI is InChI=1S/C9H6BrI/c10-9-6-2-1-4-8(9)5-3-7-11/h1-2,4,6H,7H2. The van der Waals surface area contributed by atoms with Crippen LogP contribution in [0.25, 0.3) is 0 Å². The predicted molar refractivity (Wildman–Crippen MR) is 59.9 cm³/mol. The van der Waals surface area contributed by atoms with Crippen molar-refractivity contribution < 1.29 is 0 Å². The molecule has 0 aliphatic heterocycles. The summed E-state index contributed by atoms with van der Waals surface area (Å²) in [5.41, 5.74) is 1.06. The maximum absolute atomic E-state index is 3.42. The molecule has 0 amide bonds. The van der Waals surface area contributed by atoms with E-state index in [1.807, 2.05) is 24.3 Å². The van der Waals surface area contributed by atoms with E-state index in [4.69, 9.17) is 0 Å². The molecule has 0 atom stereocenters. The average Bonchev–Trinajstić information content (AvgIpc) is 2.03. The summed E-state index contributed by atoms with van der Waals surface area (Å²) < 4.78 is 1.94. The van der Waals surface area contributed by atoms with Crippen LogP contribution in [0.3, 0.4) is 0 Å². The lowest BCUT2D eigenvalue weighted by Gasteiger charge is -1.91. The lowest BCUT2D eigenvalue weighted by Crippen LogP contribution is -1.74. The Hall–Kier alpha value is -0.0100. The summed E-state index contributed by atoms with van der Waals surface area (Å²) in [5.74, 6) is 6.07. The largest absolute Gasteiger partial charge is 0.0872 e. The molecule has 0 aromatic heterocycles. The van der Waals surface area contributed by atoms with E-state index in [9.17, 15) is 0 Å². The van der Waals surface area contributed by atoms with Gasteiger partial charge in [-0.1, -0.05) is 46.6 Å². The molecule has 0 aliphatic rings. The van der Waals surface area contributed by atoms with E-state index in [1.54, 1.807) is 0 Å². The number of alkyl halides is 1. The van der Waals surface area contributed by atoms with Crippen molar-refractivity contribution in [2.24, 2.45) is 0 Å². The van der Waals surface area contributed by atoms with E-state index in [0.717, 1.165) is 14.5 Å². The van der Waals surface area contributed by atoms with Gasteiger partial charge in [0.05, 0.1) is 4.43 Å². The van der Waals surface area contributed by atoms with Crippen LogP contribution in [0.15, 0.2) is 28.7 Å². The van der Waals surface area contributed by atoms with Crippen LogP contribution in [0, 0.1) is 11.8 Å². The van der Waals surface area contributed by atoms with Crippen molar-refractivity contribution in [2.75, 3.05) is 4.43 Å². The molecule has 0 fully saturated rings. The average molecular weight is 321 g/mol. The molecule has 1 aromatic rings. The Kier molecular flexibility index (Phi) is 3.95. The topological polar surface area (TPSA) is 0 Å². The molecule has 0 N–H and O–H groups in total. The van der Waals surface area contributed by atoms with Gasteiger partial charge in [-0.15, -0.1) is 0 Å². The van der Waals surface area contributed by atoms with E-state index >= 15 is 0 Å². The highest BCUT2D eigenvalue weighted by molar-refractivity contribution is 14.1. The van der Waals surface area contributed by atoms with Crippen molar-refractivity contribution in [3.8, 4) is 11.8 Å². The third-order valence-corrected chi connectivity index (χ3v) is 2.24. The molecule has 0 heterocycles. The van der Waals surface area contributed by atoms with Gasteiger partial charge in [0.2, 0.25) is 0 Å². The molecular formula is C9H6BrI. The van der Waals surface area contributed by atoms with Crippen molar-refractivity contribution in [2.45, 2.75) is 0 Å². The molecule has 1 rings (SSSR count). The molecule has 11 heavy (non-hydrogen) atoms. The second-order valence-corrected chi connectivity index (χ2v) is 3.53. The monoisotopic (exact) mass is 320 g/mol. The van der Waals surface area contributed by atoms with Crippen LogP contribution >= 0.6 is 38.5 Å². The van der Waals surface area contributed by atoms with E-state index in [0.29, 0.717) is 0 Å². The lowest BCUT2D eigenvalue weighted by atomic mass is 10.2. The first-order valence-electron chi connectivity index (χ1n) is 3.14. The number of hydrogen-bond donors (Lipinski definition) is 0. The molecule has 0 bridgehead atoms. The Balaban J connectivity index is 2.95. The summed E-state index contributed by atoms with van der Waals surface area (Å²) in [4.78, 5) is 0. The second kappa shape index (κ2) is 4.78. The van der Waals surface area contributed by atoms with E-state index < -0.39 is 0 Å². The third kappa shape index (κ3) is 2.84. The van der Waals surface area contributed by atoms with Gasteiger partial charge < -0.3 is 0 Å². The summed E-state index contributed by atoms with van der Waals surface area (Å²) in [6, 6.07) is 7.97. The lowest BCUT2D eigenvalue weighted by molar-refractivity contribution is 1.59. The Morgan fingerprint density at radius 2 is 2.09 bits per heavy atom. The zero-order chi connectivity index (χ0) is 8.10. The summed E-state index contributed by atoms with van der Waals surface area (Å²) >= 11 is 5.66. The van der Waals surface area contributed by atoms with Crippen molar-refractivity contribution in [1.82, 2.24) is 0 Å². The van der Waals surface area contributed by atoms with Crippen LogP contribution in [0.1, 0.15) is 5.56 Å². The van der Waals surface area contributed by atoms with Crippen LogP contribution in [-0.4, -0.2) is 4.43 Å². The molecule has 2 heteroatoms. The third-order valence-electron chi connectivity index (χ3n) is 1.16. The Bertz CT molecular complexity index is 296. The molecular weight excluding hydrogens is 315 g/mol. The molecule has 0 saturated heterocycles. The predicted octanol–water partition coefficient (Wildman–Crippen LogP) is 3.24. The fourth-order valence-electron chi connectivity index (χ4n) is 0.691. The van der Waals surface area contributed by atoms with Crippen LogP contribution < -0.4 is 0 Å². The Labute approximate surface area is 88.7 Å². The smallest absolute Gasteiger partial charge is 0.0613 e. The highest BCUT2D eigenvalue weighted by Gasteiger charge is 1.90. The molecule has 0 spiro atoms. The minimum atomic E-state index is 0.874. The first kappa shape index (κ1) is 9.08. The quantitative estimate of drug-likeness (QED) is 0.391. The van der Waals surface area contributed by atoms with Crippen molar-refractivity contribution >= 4 is 38.5 Å². The maximum atomic E-state index is 3.42. The highest BCUT2D eigenvalue weighted by atomic mass is 127. The Morgan fingerprint density at radius 3 is 2.73 bits per heavy atom. The first-order valence-corrected chi connectivity index (χ1v) is 5.46. The number of hydrogen-bond acceptors (Lipinski definition) is 0. The molecule has 1 aromatic carbocycles. The Morgan fingerprint density at radius 1 is 1.36 bits per heavy atom. The molecule has 0 nitrogen and oxygen atoms in total. The van der Waals surface area contributed by atoms with E-state index in [2.05, 4.69) is 50.4 Å². The molecule has 0 saturated carbocycles. The van der Waals surface area contributed by atoms with Gasteiger partial charge in [0.15, 0.2) is 0 Å². The minimum Gasteiger partial charge on any atom is -0.0872 e. The normalized spacial score (nSPS) is 8.55. The van der Waals surface area contributed by atoms with Gasteiger partial charge in [-0.05, 0) is 28.1 Å². The van der Waals surface area contributed by atoms with Gasteiger partial charge in [0.1, 0.15) is 0 Å². The first-order chi connectivity index (χ1) is 5.34. The number of halogens is 2. The molecule has 0 aliphatic carbocycles. The van der Waals surface area contributed by atoms with Crippen LogP contribution in [0.4, 0.5) is 0 Å². The van der Waals surface area contributed by atoms with E-state index in [1.165, 1.54) is 0 Å². The van der Waals surface area contributed by atoms with Crippen molar-refractivity contribution in [1.29, 1.82) is 0 Å². The molecule has 0 radical (unpaired) electrons. The zero-order valence-corrected chi connectivity index (χ0v) is 9.52. The van der Waals surface area contributed by atoms with Gasteiger partial charge in [-0.25, -0.2) is 0 Å². The van der Waals surface area contributed by atoms with Gasteiger partial charge in [0.25, 0.3) is 0 Å². The van der Waals surface area contributed by atoms with Gasteiger partial charge >= 0.3 is 0 Å². The molecule has 56 valence electrons. The fraction of sp³-hybridized carbons (Fsp3) is 0.111. The minimum absolute atomic E-state index is 0.874.